The molecule has 0 aliphatic carbocycles. The first-order valence-electron chi connectivity index (χ1n) is 7.43. The summed E-state index contributed by atoms with van der Waals surface area (Å²) in [7, 11) is 0. The van der Waals surface area contributed by atoms with E-state index in [4.69, 9.17) is 0 Å². The Bertz CT molecular complexity index is 851. The first kappa shape index (κ1) is 14.9. The second-order valence-electron chi connectivity index (χ2n) is 5.63. The molecule has 114 valence electrons. The summed E-state index contributed by atoms with van der Waals surface area (Å²) in [5, 5.41) is 2.92. The van der Waals surface area contributed by atoms with Crippen LogP contribution in [0.1, 0.15) is 34.8 Å². The van der Waals surface area contributed by atoms with Gasteiger partial charge in [-0.2, -0.15) is 0 Å². The molecule has 3 rings (SSSR count). The zero-order valence-corrected chi connectivity index (χ0v) is 13.8. The van der Waals surface area contributed by atoms with E-state index in [0.717, 1.165) is 33.0 Å². The van der Waals surface area contributed by atoms with Gasteiger partial charge in [-0.1, -0.05) is 30.3 Å². The molecule has 0 radical (unpaired) electrons. The van der Waals surface area contributed by atoms with Crippen molar-refractivity contribution in [3.05, 3.63) is 62.5 Å². The monoisotopic (exact) mass is 314 g/mol. The highest BCUT2D eigenvalue weighted by Gasteiger charge is 2.16. The topological polar surface area (TPSA) is 62.4 Å². The number of hydrogen-bond acceptors (Lipinski definition) is 3. The van der Waals surface area contributed by atoms with Crippen molar-refractivity contribution in [2.24, 2.45) is 0 Å². The molecule has 0 unspecified atom stereocenters. The lowest BCUT2D eigenvalue weighted by Crippen LogP contribution is -2.83. The maximum absolute atomic E-state index is 12.3. The van der Waals surface area contributed by atoms with E-state index in [1.54, 1.807) is 11.3 Å². The van der Waals surface area contributed by atoms with E-state index < -0.39 is 0 Å². The zero-order chi connectivity index (χ0) is 15.7. The largest absolute Gasteiger partial charge is 0.334 e. The summed E-state index contributed by atoms with van der Waals surface area (Å²) in [4.78, 5) is 21.9. The number of aryl methyl sites for hydroxylation is 2. The summed E-state index contributed by atoms with van der Waals surface area (Å²) in [6.07, 6.45) is 0. The van der Waals surface area contributed by atoms with Crippen LogP contribution in [0.4, 0.5) is 0 Å². The van der Waals surface area contributed by atoms with Gasteiger partial charge in [-0.25, -0.2) is 4.98 Å². The zero-order valence-electron chi connectivity index (χ0n) is 13.0. The molecule has 0 saturated carbocycles. The molecule has 3 aromatic rings. The number of nitrogens with one attached hydrogen (secondary N) is 1. The molecule has 2 heterocycles. The minimum Gasteiger partial charge on any atom is -0.334 e. The second-order valence-corrected chi connectivity index (χ2v) is 6.83. The molecule has 4 nitrogen and oxygen atoms in total. The van der Waals surface area contributed by atoms with Gasteiger partial charge in [0.15, 0.2) is 5.82 Å². The summed E-state index contributed by atoms with van der Waals surface area (Å²) in [5.74, 6) is 0.745. The lowest BCUT2D eigenvalue weighted by Gasteiger charge is -2.10. The summed E-state index contributed by atoms with van der Waals surface area (Å²) < 4.78 is 0. The Labute approximate surface area is 133 Å². The number of aromatic amines is 1. The number of benzene rings is 1. The Kier molecular flexibility index (Phi) is 4.09. The number of nitrogens with two attached hydrogens (primary N) is 1. The van der Waals surface area contributed by atoms with Crippen LogP contribution in [0.5, 0.6) is 0 Å². The third-order valence-electron chi connectivity index (χ3n) is 4.04. The molecule has 0 bridgehead atoms. The Morgan fingerprint density at radius 3 is 2.73 bits per heavy atom. The lowest BCUT2D eigenvalue weighted by atomic mass is 10.2. The highest BCUT2D eigenvalue weighted by molar-refractivity contribution is 7.18. The highest BCUT2D eigenvalue weighted by atomic mass is 32.1. The van der Waals surface area contributed by atoms with Gasteiger partial charge in [0, 0.05) is 10.4 Å². The van der Waals surface area contributed by atoms with Gasteiger partial charge in [-0.3, -0.25) is 4.79 Å². The van der Waals surface area contributed by atoms with Crippen LogP contribution in [0.2, 0.25) is 0 Å². The van der Waals surface area contributed by atoms with Crippen molar-refractivity contribution in [3.8, 4) is 0 Å². The normalized spacial score (nSPS) is 12.7. The molecule has 0 spiro atoms. The fourth-order valence-electron chi connectivity index (χ4n) is 2.53. The Balaban J connectivity index is 1.85. The second kappa shape index (κ2) is 6.02. The van der Waals surface area contributed by atoms with Crippen LogP contribution in [0, 0.1) is 13.8 Å². The van der Waals surface area contributed by atoms with Crippen LogP contribution in [0.25, 0.3) is 10.2 Å². The molecule has 5 heteroatoms. The van der Waals surface area contributed by atoms with E-state index in [-0.39, 0.29) is 11.6 Å². The molecule has 1 aromatic carbocycles. The number of hydrogen-bond donors (Lipinski definition) is 2. The fourth-order valence-corrected chi connectivity index (χ4v) is 3.56. The number of fused-ring (bicyclic) bond motifs is 1. The Morgan fingerprint density at radius 1 is 1.27 bits per heavy atom. The summed E-state index contributed by atoms with van der Waals surface area (Å²) in [6.45, 7) is 6.95. The third-order valence-corrected chi connectivity index (χ3v) is 5.14. The van der Waals surface area contributed by atoms with Gasteiger partial charge in [0.2, 0.25) is 0 Å². The van der Waals surface area contributed by atoms with E-state index in [1.165, 1.54) is 5.56 Å². The predicted molar refractivity (Wildman–Crippen MR) is 90.2 cm³/mol. The number of nitrogens with zero attached hydrogens (tertiary/aromatic N) is 1. The lowest BCUT2D eigenvalue weighted by molar-refractivity contribution is -0.709. The number of aromatic nitrogens is 2. The molecule has 0 amide bonds. The number of rotatable bonds is 4. The average molecular weight is 314 g/mol. The van der Waals surface area contributed by atoms with Gasteiger partial charge in [0.25, 0.3) is 5.56 Å². The van der Waals surface area contributed by atoms with Crippen LogP contribution in [-0.2, 0) is 6.54 Å². The van der Waals surface area contributed by atoms with E-state index >= 15 is 0 Å². The SMILES string of the molecule is Cc1sc2nc([C@@H](C)[NH2+]Cc3ccccc3)[nH]c(=O)c2c1C. The van der Waals surface area contributed by atoms with E-state index in [9.17, 15) is 4.79 Å². The van der Waals surface area contributed by atoms with Crippen LogP contribution in [-0.4, -0.2) is 9.97 Å². The number of thiophene rings is 1. The number of H-pyrrole nitrogens is 1. The van der Waals surface area contributed by atoms with Gasteiger partial charge in [0.1, 0.15) is 17.4 Å². The molecule has 0 saturated heterocycles. The van der Waals surface area contributed by atoms with E-state index in [1.807, 2.05) is 32.0 Å². The minimum atomic E-state index is -0.0261. The van der Waals surface area contributed by atoms with Crippen LogP contribution in [0.3, 0.4) is 0 Å². The predicted octanol–water partition coefficient (Wildman–Crippen LogP) is 2.43. The molecule has 0 aliphatic rings. The fraction of sp³-hybridized carbons (Fsp3) is 0.294. The van der Waals surface area contributed by atoms with Crippen molar-refractivity contribution in [2.75, 3.05) is 0 Å². The summed E-state index contributed by atoms with van der Waals surface area (Å²) in [6, 6.07) is 10.4. The van der Waals surface area contributed by atoms with Crippen LogP contribution in [0.15, 0.2) is 35.1 Å². The Hall–Kier alpha value is -1.98. The van der Waals surface area contributed by atoms with Crippen molar-refractivity contribution in [1.82, 2.24) is 9.97 Å². The van der Waals surface area contributed by atoms with Crippen molar-refractivity contribution < 1.29 is 5.32 Å². The first-order chi connectivity index (χ1) is 10.6. The van der Waals surface area contributed by atoms with Crippen molar-refractivity contribution >= 4 is 21.6 Å². The minimum absolute atomic E-state index is 0.0261. The molecule has 3 N–H and O–H groups in total. The summed E-state index contributed by atoms with van der Waals surface area (Å²) >= 11 is 1.59. The molecular weight excluding hydrogens is 294 g/mol. The third kappa shape index (κ3) is 2.82. The molecule has 22 heavy (non-hydrogen) atoms. The van der Waals surface area contributed by atoms with Gasteiger partial charge in [-0.15, -0.1) is 11.3 Å². The Morgan fingerprint density at radius 2 is 2.00 bits per heavy atom. The average Bonchev–Trinajstić information content (AvgIpc) is 2.81. The van der Waals surface area contributed by atoms with Gasteiger partial charge >= 0.3 is 0 Å². The molecular formula is C17H20N3OS+. The van der Waals surface area contributed by atoms with E-state index in [2.05, 4.69) is 34.3 Å². The van der Waals surface area contributed by atoms with E-state index in [0.29, 0.717) is 0 Å². The molecule has 1 atom stereocenters. The standard InChI is InChI=1S/C17H19N3OS/c1-10-12(3)22-17-14(10)16(21)19-15(20-17)11(2)18-9-13-7-5-4-6-8-13/h4-8,11,18H,9H2,1-3H3,(H,19,20,21)/p+1/t11-/m1/s1. The van der Waals surface area contributed by atoms with Gasteiger partial charge in [-0.05, 0) is 26.3 Å². The van der Waals surface area contributed by atoms with Gasteiger partial charge < -0.3 is 10.3 Å². The van der Waals surface area contributed by atoms with Crippen molar-refractivity contribution in [2.45, 2.75) is 33.4 Å². The first-order valence-corrected chi connectivity index (χ1v) is 8.25. The molecule has 2 aromatic heterocycles. The quantitative estimate of drug-likeness (QED) is 0.777. The maximum atomic E-state index is 12.3. The summed E-state index contributed by atoms with van der Waals surface area (Å²) in [5.41, 5.74) is 2.28. The number of quaternary nitrogens is 1. The van der Waals surface area contributed by atoms with Crippen LogP contribution < -0.4 is 10.9 Å². The van der Waals surface area contributed by atoms with Crippen molar-refractivity contribution in [1.29, 1.82) is 0 Å². The smallest absolute Gasteiger partial charge is 0.260 e. The van der Waals surface area contributed by atoms with Crippen LogP contribution >= 0.6 is 11.3 Å². The maximum Gasteiger partial charge on any atom is 0.260 e. The molecule has 0 fully saturated rings. The highest BCUT2D eigenvalue weighted by Crippen LogP contribution is 2.26. The molecule has 0 aliphatic heterocycles. The van der Waals surface area contributed by atoms with Crippen molar-refractivity contribution in [3.63, 3.8) is 0 Å². The van der Waals surface area contributed by atoms with Gasteiger partial charge in [0.05, 0.1) is 5.39 Å².